The summed E-state index contributed by atoms with van der Waals surface area (Å²) in [6, 6.07) is 0.146. The number of aromatic nitrogens is 2. The van der Waals surface area contributed by atoms with Crippen molar-refractivity contribution in [3.63, 3.8) is 0 Å². The van der Waals surface area contributed by atoms with Crippen LogP contribution in [0, 0.1) is 0 Å². The third-order valence-electron chi connectivity index (χ3n) is 4.52. The lowest BCUT2D eigenvalue weighted by Gasteiger charge is -2.18. The van der Waals surface area contributed by atoms with Crippen LogP contribution < -0.4 is 5.73 Å². The van der Waals surface area contributed by atoms with Crippen LogP contribution in [0.5, 0.6) is 0 Å². The molecular weight excluding hydrogens is 242 g/mol. The number of ether oxygens (including phenoxy) is 1. The van der Waals surface area contributed by atoms with E-state index in [4.69, 9.17) is 15.0 Å². The average Bonchev–Trinajstić information content (AvgIpc) is 2.99. The number of nitrogens with zero attached hydrogens (tertiary/aromatic N) is 2. The average molecular weight is 265 g/mol. The van der Waals surface area contributed by atoms with E-state index in [1.54, 1.807) is 0 Å². The van der Waals surface area contributed by atoms with E-state index in [1.165, 1.54) is 19.3 Å². The van der Waals surface area contributed by atoms with Crippen LogP contribution in [0.15, 0.2) is 4.52 Å². The molecule has 1 aromatic heterocycles. The van der Waals surface area contributed by atoms with Crippen molar-refractivity contribution in [1.82, 2.24) is 10.1 Å². The van der Waals surface area contributed by atoms with E-state index < -0.39 is 0 Å². The Balaban J connectivity index is 1.80. The van der Waals surface area contributed by atoms with Gasteiger partial charge in [0.25, 0.3) is 0 Å². The lowest BCUT2D eigenvalue weighted by molar-refractivity contribution is 0.00768. The molecule has 106 valence electrons. The van der Waals surface area contributed by atoms with Crippen LogP contribution in [-0.4, -0.2) is 22.8 Å². The second-order valence-electron chi connectivity index (χ2n) is 6.05. The third kappa shape index (κ3) is 2.54. The SMILES string of the molecule is CC1(c2noc(C3CCCCCC3N)n2)CCCO1. The molecule has 2 N–H and O–H groups in total. The van der Waals surface area contributed by atoms with Gasteiger partial charge < -0.3 is 15.0 Å². The molecule has 3 atom stereocenters. The molecule has 2 fully saturated rings. The Hall–Kier alpha value is -0.940. The van der Waals surface area contributed by atoms with Crippen molar-refractivity contribution in [3.05, 3.63) is 11.7 Å². The van der Waals surface area contributed by atoms with Gasteiger partial charge in [-0.25, -0.2) is 0 Å². The third-order valence-corrected chi connectivity index (χ3v) is 4.52. The van der Waals surface area contributed by atoms with Crippen LogP contribution >= 0.6 is 0 Å². The van der Waals surface area contributed by atoms with E-state index in [0.29, 0.717) is 11.7 Å². The van der Waals surface area contributed by atoms with Gasteiger partial charge in [-0.15, -0.1) is 0 Å². The van der Waals surface area contributed by atoms with Gasteiger partial charge in [-0.2, -0.15) is 4.98 Å². The van der Waals surface area contributed by atoms with Crippen LogP contribution in [0.2, 0.25) is 0 Å². The lowest BCUT2D eigenvalue weighted by atomic mass is 9.95. The number of hydrogen-bond acceptors (Lipinski definition) is 5. The highest BCUT2D eigenvalue weighted by atomic mass is 16.5. The molecule has 0 bridgehead atoms. The van der Waals surface area contributed by atoms with Crippen LogP contribution in [0.4, 0.5) is 0 Å². The first-order chi connectivity index (χ1) is 9.19. The van der Waals surface area contributed by atoms with E-state index >= 15 is 0 Å². The summed E-state index contributed by atoms with van der Waals surface area (Å²) in [6.45, 7) is 2.82. The molecule has 2 aliphatic rings. The van der Waals surface area contributed by atoms with E-state index in [1.807, 2.05) is 6.92 Å². The minimum Gasteiger partial charge on any atom is -0.367 e. The van der Waals surface area contributed by atoms with Crippen molar-refractivity contribution in [1.29, 1.82) is 0 Å². The second-order valence-corrected chi connectivity index (χ2v) is 6.05. The molecule has 3 unspecified atom stereocenters. The zero-order valence-corrected chi connectivity index (χ0v) is 11.6. The van der Waals surface area contributed by atoms with E-state index in [0.717, 1.165) is 32.3 Å². The summed E-state index contributed by atoms with van der Waals surface area (Å²) in [5, 5.41) is 4.14. The minimum absolute atomic E-state index is 0.146. The molecule has 1 saturated heterocycles. The van der Waals surface area contributed by atoms with Crippen molar-refractivity contribution in [2.75, 3.05) is 6.61 Å². The van der Waals surface area contributed by atoms with Gasteiger partial charge in [0.05, 0.1) is 5.92 Å². The minimum atomic E-state index is -0.365. The molecular formula is C14H23N3O2. The first-order valence-electron chi connectivity index (χ1n) is 7.43. The maximum atomic E-state index is 6.25. The van der Waals surface area contributed by atoms with Gasteiger partial charge in [0.15, 0.2) is 0 Å². The molecule has 0 aromatic carbocycles. The Morgan fingerprint density at radius 2 is 2.05 bits per heavy atom. The van der Waals surface area contributed by atoms with E-state index in [2.05, 4.69) is 10.1 Å². The molecule has 1 aromatic rings. The molecule has 1 saturated carbocycles. The summed E-state index contributed by atoms with van der Waals surface area (Å²) in [5.74, 6) is 1.62. The Bertz CT molecular complexity index is 426. The molecule has 19 heavy (non-hydrogen) atoms. The molecule has 5 heteroatoms. The molecule has 0 radical (unpaired) electrons. The van der Waals surface area contributed by atoms with Gasteiger partial charge in [0.2, 0.25) is 11.7 Å². The largest absolute Gasteiger partial charge is 0.367 e. The van der Waals surface area contributed by atoms with Crippen molar-refractivity contribution >= 4 is 0 Å². The summed E-state index contributed by atoms with van der Waals surface area (Å²) >= 11 is 0. The van der Waals surface area contributed by atoms with Gasteiger partial charge in [0, 0.05) is 12.6 Å². The predicted molar refractivity (Wildman–Crippen MR) is 70.6 cm³/mol. The van der Waals surface area contributed by atoms with Gasteiger partial charge >= 0.3 is 0 Å². The van der Waals surface area contributed by atoms with E-state index in [9.17, 15) is 0 Å². The Kier molecular flexibility index (Phi) is 3.58. The quantitative estimate of drug-likeness (QED) is 0.831. The number of rotatable bonds is 2. The van der Waals surface area contributed by atoms with Gasteiger partial charge in [-0.1, -0.05) is 24.4 Å². The topological polar surface area (TPSA) is 74.2 Å². The van der Waals surface area contributed by atoms with Crippen LogP contribution in [-0.2, 0) is 10.3 Å². The zero-order valence-electron chi connectivity index (χ0n) is 11.6. The smallest absolute Gasteiger partial charge is 0.231 e. The molecule has 0 spiro atoms. The fraction of sp³-hybridized carbons (Fsp3) is 0.857. The van der Waals surface area contributed by atoms with Gasteiger partial charge in [-0.3, -0.25) is 0 Å². The molecule has 1 aliphatic carbocycles. The van der Waals surface area contributed by atoms with Gasteiger partial charge in [0.1, 0.15) is 5.60 Å². The second kappa shape index (κ2) is 5.21. The normalized spacial score (nSPS) is 36.3. The monoisotopic (exact) mass is 265 g/mol. The lowest BCUT2D eigenvalue weighted by Crippen LogP contribution is -2.28. The summed E-state index contributed by atoms with van der Waals surface area (Å²) in [5.41, 5.74) is 5.88. The zero-order chi connectivity index (χ0) is 13.3. The first kappa shape index (κ1) is 13.1. The van der Waals surface area contributed by atoms with E-state index in [-0.39, 0.29) is 17.6 Å². The van der Waals surface area contributed by atoms with Crippen molar-refractivity contribution < 1.29 is 9.26 Å². The molecule has 2 heterocycles. The maximum Gasteiger partial charge on any atom is 0.231 e. The molecule has 3 rings (SSSR count). The number of hydrogen-bond donors (Lipinski definition) is 1. The van der Waals surface area contributed by atoms with Crippen LogP contribution in [0.1, 0.15) is 69.5 Å². The first-order valence-corrected chi connectivity index (χ1v) is 7.43. The molecule has 5 nitrogen and oxygen atoms in total. The Morgan fingerprint density at radius 3 is 2.84 bits per heavy atom. The Morgan fingerprint density at radius 1 is 1.21 bits per heavy atom. The van der Waals surface area contributed by atoms with Crippen molar-refractivity contribution in [2.45, 2.75) is 69.4 Å². The standard InChI is InChI=1S/C14H23N3O2/c1-14(8-5-9-18-14)13-16-12(19-17-13)10-6-3-2-4-7-11(10)15/h10-11H,2-9,15H2,1H3. The summed E-state index contributed by atoms with van der Waals surface area (Å²) in [7, 11) is 0. The predicted octanol–water partition coefficient (Wildman–Crippen LogP) is 2.47. The van der Waals surface area contributed by atoms with Crippen LogP contribution in [0.3, 0.4) is 0 Å². The maximum absolute atomic E-state index is 6.25. The van der Waals surface area contributed by atoms with Crippen molar-refractivity contribution in [2.24, 2.45) is 5.73 Å². The molecule has 1 aliphatic heterocycles. The highest BCUT2D eigenvalue weighted by Gasteiger charge is 2.38. The summed E-state index contributed by atoms with van der Waals surface area (Å²) in [4.78, 5) is 4.60. The summed E-state index contributed by atoms with van der Waals surface area (Å²) in [6.07, 6.45) is 7.79. The van der Waals surface area contributed by atoms with Crippen molar-refractivity contribution in [3.8, 4) is 0 Å². The Labute approximate surface area is 113 Å². The fourth-order valence-corrected chi connectivity index (χ4v) is 3.20. The van der Waals surface area contributed by atoms with Gasteiger partial charge in [-0.05, 0) is 32.6 Å². The number of nitrogens with two attached hydrogens (primary N) is 1. The highest BCUT2D eigenvalue weighted by molar-refractivity contribution is 5.06. The molecule has 0 amide bonds. The fourth-order valence-electron chi connectivity index (χ4n) is 3.20. The van der Waals surface area contributed by atoms with Crippen LogP contribution in [0.25, 0.3) is 0 Å². The highest BCUT2D eigenvalue weighted by Crippen LogP contribution is 2.36. The summed E-state index contributed by atoms with van der Waals surface area (Å²) < 4.78 is 11.2.